The van der Waals surface area contributed by atoms with E-state index in [2.05, 4.69) is 56.1 Å². The first kappa shape index (κ1) is 22.5. The summed E-state index contributed by atoms with van der Waals surface area (Å²) in [5.74, 6) is 1.99. The number of esters is 1. The number of ether oxygens (including phenoxy) is 1. The fourth-order valence-corrected chi connectivity index (χ4v) is 6.75. The van der Waals surface area contributed by atoms with Crippen molar-refractivity contribution in [3.05, 3.63) is 71.7 Å². The smallest absolute Gasteiger partial charge is 0.310 e. The molecule has 6 atom stereocenters. The van der Waals surface area contributed by atoms with E-state index in [1.807, 2.05) is 6.07 Å². The van der Waals surface area contributed by atoms with Gasteiger partial charge in [0, 0.05) is 18.4 Å². The van der Waals surface area contributed by atoms with Crippen LogP contribution in [0.1, 0.15) is 68.3 Å². The van der Waals surface area contributed by atoms with Crippen molar-refractivity contribution in [1.29, 1.82) is 0 Å². The molecule has 4 nitrogen and oxygen atoms in total. The first-order chi connectivity index (χ1) is 15.9. The molecule has 0 amide bonds. The number of carbonyl (C=O) groups excluding carboxylic acids is 1. The maximum absolute atomic E-state index is 12.8. The van der Waals surface area contributed by atoms with Crippen molar-refractivity contribution < 1.29 is 13.9 Å². The molecule has 2 saturated carbocycles. The largest absolute Gasteiger partial charge is 0.469 e. The van der Waals surface area contributed by atoms with Crippen molar-refractivity contribution in [3.8, 4) is 0 Å². The van der Waals surface area contributed by atoms with Crippen LogP contribution in [0.3, 0.4) is 0 Å². The van der Waals surface area contributed by atoms with Gasteiger partial charge in [-0.05, 0) is 81.0 Å². The highest BCUT2D eigenvalue weighted by Gasteiger charge is 2.54. The third-order valence-electron chi connectivity index (χ3n) is 8.66. The Hall–Kier alpha value is -2.33. The lowest BCUT2D eigenvalue weighted by Crippen LogP contribution is -2.45. The molecule has 0 unspecified atom stereocenters. The zero-order chi connectivity index (χ0) is 23.0. The standard InChI is InChI=1S/C29H37NO3/c1-19-8-10-21(11-9-19)22(26-7-5-15-32-26)12-14-30-18-24-23-16-25-20(2)6-4-13-29(25,3)17-27(23)33-28(24)31/h5,7-11,15,22-25,27,30H,2,4,6,12-14,16-18H2,1,3H3/t22-,23-,24-,25+,27+,29+/m0/s1. The van der Waals surface area contributed by atoms with Crippen LogP contribution in [0.15, 0.2) is 59.2 Å². The van der Waals surface area contributed by atoms with Gasteiger partial charge in [0.25, 0.3) is 0 Å². The van der Waals surface area contributed by atoms with Crippen LogP contribution in [0.4, 0.5) is 0 Å². The van der Waals surface area contributed by atoms with Crippen molar-refractivity contribution in [2.45, 2.75) is 64.4 Å². The molecule has 1 aliphatic heterocycles. The van der Waals surface area contributed by atoms with E-state index in [0.717, 1.165) is 38.0 Å². The molecular formula is C29H37NO3. The zero-order valence-corrected chi connectivity index (χ0v) is 20.0. The predicted octanol–water partition coefficient (Wildman–Crippen LogP) is 6.01. The second kappa shape index (κ2) is 9.13. The lowest BCUT2D eigenvalue weighted by atomic mass is 9.55. The summed E-state index contributed by atoms with van der Waals surface area (Å²) in [6, 6.07) is 12.7. The summed E-state index contributed by atoms with van der Waals surface area (Å²) in [5, 5.41) is 3.59. The molecule has 0 spiro atoms. The maximum Gasteiger partial charge on any atom is 0.310 e. The molecule has 2 aromatic rings. The Morgan fingerprint density at radius 1 is 1.24 bits per heavy atom. The number of carbonyl (C=O) groups is 1. The molecule has 2 heterocycles. The highest BCUT2D eigenvalue weighted by atomic mass is 16.6. The van der Waals surface area contributed by atoms with E-state index in [-0.39, 0.29) is 29.3 Å². The van der Waals surface area contributed by atoms with Gasteiger partial charge in [-0.2, -0.15) is 0 Å². The minimum Gasteiger partial charge on any atom is -0.469 e. The fraction of sp³-hybridized carbons (Fsp3) is 0.552. The maximum atomic E-state index is 12.8. The van der Waals surface area contributed by atoms with E-state index in [1.54, 1.807) is 6.26 Å². The van der Waals surface area contributed by atoms with Crippen LogP contribution in [-0.4, -0.2) is 25.2 Å². The Balaban J connectivity index is 1.21. The number of aryl methyl sites for hydroxylation is 1. The summed E-state index contributed by atoms with van der Waals surface area (Å²) in [4.78, 5) is 12.8. The fourth-order valence-electron chi connectivity index (χ4n) is 6.75. The average molecular weight is 448 g/mol. The molecule has 3 fully saturated rings. The van der Waals surface area contributed by atoms with Crippen LogP contribution in [-0.2, 0) is 9.53 Å². The second-order valence-electron chi connectivity index (χ2n) is 10.9. The van der Waals surface area contributed by atoms with Gasteiger partial charge in [0.1, 0.15) is 11.9 Å². The molecule has 2 aliphatic carbocycles. The van der Waals surface area contributed by atoms with Gasteiger partial charge in [-0.25, -0.2) is 0 Å². The zero-order valence-electron chi connectivity index (χ0n) is 20.0. The number of fused-ring (bicyclic) bond motifs is 2. The molecule has 5 rings (SSSR count). The Kier molecular flexibility index (Phi) is 6.22. The van der Waals surface area contributed by atoms with E-state index in [9.17, 15) is 4.79 Å². The second-order valence-corrected chi connectivity index (χ2v) is 10.9. The molecule has 33 heavy (non-hydrogen) atoms. The molecule has 1 saturated heterocycles. The third-order valence-corrected chi connectivity index (χ3v) is 8.66. The molecule has 3 aliphatic rings. The molecule has 1 N–H and O–H groups in total. The van der Waals surface area contributed by atoms with Crippen molar-refractivity contribution in [1.82, 2.24) is 5.32 Å². The van der Waals surface area contributed by atoms with Gasteiger partial charge in [-0.3, -0.25) is 4.79 Å². The van der Waals surface area contributed by atoms with Crippen LogP contribution in [0.25, 0.3) is 0 Å². The summed E-state index contributed by atoms with van der Waals surface area (Å²) >= 11 is 0. The number of rotatable bonds is 7. The Morgan fingerprint density at radius 3 is 2.82 bits per heavy atom. The monoisotopic (exact) mass is 447 g/mol. The van der Waals surface area contributed by atoms with Gasteiger partial charge >= 0.3 is 5.97 Å². The number of hydrogen-bond donors (Lipinski definition) is 1. The third kappa shape index (κ3) is 4.42. The summed E-state index contributed by atoms with van der Waals surface area (Å²) in [6.07, 6.45) is 8.39. The van der Waals surface area contributed by atoms with Crippen LogP contribution >= 0.6 is 0 Å². The van der Waals surface area contributed by atoms with E-state index in [0.29, 0.717) is 18.4 Å². The van der Waals surface area contributed by atoms with Gasteiger partial charge in [0.05, 0.1) is 12.2 Å². The van der Waals surface area contributed by atoms with Gasteiger partial charge in [0.2, 0.25) is 0 Å². The normalized spacial score (nSPS) is 32.2. The Bertz CT molecular complexity index is 979. The summed E-state index contributed by atoms with van der Waals surface area (Å²) in [7, 11) is 0. The number of nitrogens with one attached hydrogen (secondary N) is 1. The molecule has 1 aromatic carbocycles. The van der Waals surface area contributed by atoms with Gasteiger partial charge < -0.3 is 14.5 Å². The van der Waals surface area contributed by atoms with Crippen LogP contribution in [0.2, 0.25) is 0 Å². The van der Waals surface area contributed by atoms with Gasteiger partial charge in [-0.1, -0.05) is 48.9 Å². The van der Waals surface area contributed by atoms with Crippen LogP contribution < -0.4 is 5.32 Å². The Labute approximate surface area is 197 Å². The minimum absolute atomic E-state index is 0.00789. The summed E-state index contributed by atoms with van der Waals surface area (Å²) < 4.78 is 11.7. The molecular weight excluding hydrogens is 410 g/mol. The van der Waals surface area contributed by atoms with Crippen LogP contribution in [0.5, 0.6) is 0 Å². The van der Waals surface area contributed by atoms with E-state index >= 15 is 0 Å². The number of hydrogen-bond acceptors (Lipinski definition) is 4. The van der Waals surface area contributed by atoms with Crippen molar-refractivity contribution >= 4 is 5.97 Å². The minimum atomic E-state index is -0.0456. The number of benzene rings is 1. The predicted molar refractivity (Wildman–Crippen MR) is 130 cm³/mol. The highest BCUT2D eigenvalue weighted by Crippen LogP contribution is 2.56. The molecule has 1 aromatic heterocycles. The van der Waals surface area contributed by atoms with Gasteiger partial charge in [0.15, 0.2) is 0 Å². The topological polar surface area (TPSA) is 51.5 Å². The Morgan fingerprint density at radius 2 is 2.06 bits per heavy atom. The first-order valence-corrected chi connectivity index (χ1v) is 12.6. The number of allylic oxidation sites excluding steroid dienone is 1. The van der Waals surface area contributed by atoms with E-state index in [1.165, 1.54) is 29.5 Å². The molecule has 0 bridgehead atoms. The van der Waals surface area contributed by atoms with Crippen LogP contribution in [0, 0.1) is 30.1 Å². The van der Waals surface area contributed by atoms with Crippen molar-refractivity contribution in [2.75, 3.05) is 13.1 Å². The highest BCUT2D eigenvalue weighted by molar-refractivity contribution is 5.75. The van der Waals surface area contributed by atoms with Crippen molar-refractivity contribution in [2.24, 2.45) is 23.2 Å². The molecule has 176 valence electrons. The van der Waals surface area contributed by atoms with Crippen molar-refractivity contribution in [3.63, 3.8) is 0 Å². The lowest BCUT2D eigenvalue weighted by Gasteiger charge is -2.50. The summed E-state index contributed by atoms with van der Waals surface area (Å²) in [6.45, 7) is 10.4. The average Bonchev–Trinajstić information content (AvgIpc) is 3.41. The van der Waals surface area contributed by atoms with Gasteiger partial charge in [-0.15, -0.1) is 0 Å². The lowest BCUT2D eigenvalue weighted by molar-refractivity contribution is -0.146. The van der Waals surface area contributed by atoms with E-state index < -0.39 is 0 Å². The quantitative estimate of drug-likeness (QED) is 0.321. The summed E-state index contributed by atoms with van der Waals surface area (Å²) in [5.41, 5.74) is 4.17. The van der Waals surface area contributed by atoms with E-state index in [4.69, 9.17) is 9.15 Å². The molecule has 0 radical (unpaired) electrons. The number of furan rings is 1. The SMILES string of the molecule is C=C1CCC[C@]2(C)C[C@H]3OC(=O)[C@@H](CNCC[C@@H](c4ccc(C)cc4)c4ccco4)[C@@H]3C[C@H]12. The molecule has 4 heteroatoms. The first-order valence-electron chi connectivity index (χ1n) is 12.6.